The Balaban J connectivity index is 1.44. The van der Waals surface area contributed by atoms with Gasteiger partial charge in [-0.15, -0.1) is 5.10 Å². The maximum atomic E-state index is 13.2. The van der Waals surface area contributed by atoms with Crippen LogP contribution < -0.4 is 9.57 Å². The van der Waals surface area contributed by atoms with E-state index in [0.29, 0.717) is 46.9 Å². The maximum Gasteiger partial charge on any atom is 0.270 e. The monoisotopic (exact) mass is 489 g/mol. The molecule has 2 aliphatic heterocycles. The van der Waals surface area contributed by atoms with Crippen LogP contribution in [0.5, 0.6) is 5.75 Å². The minimum Gasteiger partial charge on any atom is -0.467 e. The van der Waals surface area contributed by atoms with Crippen LogP contribution in [0.2, 0.25) is 0 Å². The Hall–Kier alpha value is -3.29. The van der Waals surface area contributed by atoms with Gasteiger partial charge in [-0.3, -0.25) is 10.1 Å². The van der Waals surface area contributed by atoms with Crippen LogP contribution in [0.15, 0.2) is 35.2 Å². The molecular formula is C21H23N5O7S. The first kappa shape index (κ1) is 22.5. The summed E-state index contributed by atoms with van der Waals surface area (Å²) in [4.78, 5) is 17.8. The first-order chi connectivity index (χ1) is 16.3. The van der Waals surface area contributed by atoms with E-state index in [2.05, 4.69) is 10.3 Å². The van der Waals surface area contributed by atoms with Gasteiger partial charge in [0.2, 0.25) is 10.0 Å². The smallest absolute Gasteiger partial charge is 0.270 e. The van der Waals surface area contributed by atoms with Gasteiger partial charge in [-0.2, -0.15) is 4.31 Å². The number of sulfonamides is 1. The minimum atomic E-state index is -3.68. The Morgan fingerprint density at radius 3 is 2.94 bits per heavy atom. The highest BCUT2D eigenvalue weighted by Gasteiger charge is 2.29. The minimum absolute atomic E-state index is 0.0282. The number of piperidine rings is 1. The second-order valence-corrected chi connectivity index (χ2v) is 10.4. The van der Waals surface area contributed by atoms with Crippen molar-refractivity contribution in [3.63, 3.8) is 0 Å². The van der Waals surface area contributed by atoms with E-state index in [-0.39, 0.29) is 30.6 Å². The number of non-ortho nitro benzene ring substituents is 1. The average Bonchev–Trinajstić information content (AvgIpc) is 3.24. The topological polar surface area (TPSA) is 139 Å². The van der Waals surface area contributed by atoms with Crippen LogP contribution in [0.4, 0.5) is 5.69 Å². The van der Waals surface area contributed by atoms with E-state index >= 15 is 0 Å². The molecule has 0 N–H and O–H groups in total. The summed E-state index contributed by atoms with van der Waals surface area (Å²) >= 11 is 0. The van der Waals surface area contributed by atoms with Crippen molar-refractivity contribution in [1.29, 1.82) is 0 Å². The van der Waals surface area contributed by atoms with Gasteiger partial charge in [0, 0.05) is 36.3 Å². The molecule has 0 amide bonds. The van der Waals surface area contributed by atoms with Gasteiger partial charge in [0.05, 0.1) is 16.4 Å². The van der Waals surface area contributed by atoms with Gasteiger partial charge in [0.25, 0.3) is 5.69 Å². The van der Waals surface area contributed by atoms with Crippen molar-refractivity contribution in [2.45, 2.75) is 37.9 Å². The fraction of sp³-hybridized carbons (Fsp3) is 0.429. The van der Waals surface area contributed by atoms with Crippen LogP contribution in [0.3, 0.4) is 0 Å². The third-order valence-corrected chi connectivity index (χ3v) is 7.83. The number of benzene rings is 2. The second-order valence-electron chi connectivity index (χ2n) is 8.46. The number of fused-ring (bicyclic) bond motifs is 2. The molecule has 0 aliphatic carbocycles. The molecule has 0 spiro atoms. The Morgan fingerprint density at radius 1 is 1.29 bits per heavy atom. The van der Waals surface area contributed by atoms with Gasteiger partial charge in [-0.1, -0.05) is 11.8 Å². The first-order valence-electron chi connectivity index (χ1n) is 10.8. The quantitative estimate of drug-likeness (QED) is 0.377. The standard InChI is InChI=1S/C21H23N5O7S/c1-14-3-2-6-24(10-14)34(29,30)18-4-5-19-20(9-18)25(23-22-19)33-12-16-8-17(26(27)28)7-15-11-31-13-32-21(15)16/h4-5,7-9,14H,2-3,6,10-13H2,1H3. The number of ether oxygens (including phenoxy) is 2. The van der Waals surface area contributed by atoms with Gasteiger partial charge >= 0.3 is 0 Å². The molecular weight excluding hydrogens is 466 g/mol. The lowest BCUT2D eigenvalue weighted by atomic mass is 10.0. The summed E-state index contributed by atoms with van der Waals surface area (Å²) in [6, 6.07) is 7.36. The highest BCUT2D eigenvalue weighted by Crippen LogP contribution is 2.33. The van der Waals surface area contributed by atoms with E-state index in [1.165, 1.54) is 28.6 Å². The molecule has 1 unspecified atom stereocenters. The molecule has 12 nitrogen and oxygen atoms in total. The maximum absolute atomic E-state index is 13.2. The molecule has 5 rings (SSSR count). The number of nitro groups is 1. The molecule has 1 saturated heterocycles. The summed E-state index contributed by atoms with van der Waals surface area (Å²) in [7, 11) is -3.68. The van der Waals surface area contributed by atoms with E-state index in [4.69, 9.17) is 14.3 Å². The predicted octanol–water partition coefficient (Wildman–Crippen LogP) is 2.26. The lowest BCUT2D eigenvalue weighted by Gasteiger charge is -2.30. The van der Waals surface area contributed by atoms with Crippen LogP contribution in [0.1, 0.15) is 30.9 Å². The fourth-order valence-electron chi connectivity index (χ4n) is 4.27. The molecule has 0 radical (unpaired) electrons. The highest BCUT2D eigenvalue weighted by atomic mass is 32.2. The first-order valence-corrected chi connectivity index (χ1v) is 12.3. The van der Waals surface area contributed by atoms with Crippen LogP contribution in [-0.4, -0.2) is 52.7 Å². The van der Waals surface area contributed by atoms with Gasteiger partial charge in [0.15, 0.2) is 6.79 Å². The Labute approximate surface area is 195 Å². The van der Waals surface area contributed by atoms with Crippen molar-refractivity contribution < 1.29 is 27.7 Å². The number of hydrogen-bond donors (Lipinski definition) is 0. The van der Waals surface area contributed by atoms with Crippen LogP contribution in [-0.2, 0) is 28.0 Å². The van der Waals surface area contributed by atoms with E-state index < -0.39 is 14.9 Å². The summed E-state index contributed by atoms with van der Waals surface area (Å²) in [6.07, 6.45) is 1.83. The normalized spacial score (nSPS) is 18.9. The largest absolute Gasteiger partial charge is 0.467 e. The molecule has 180 valence electrons. The lowest BCUT2D eigenvalue weighted by Crippen LogP contribution is -2.39. The average molecular weight is 490 g/mol. The molecule has 13 heteroatoms. The van der Waals surface area contributed by atoms with Crippen molar-refractivity contribution in [2.75, 3.05) is 19.9 Å². The lowest BCUT2D eigenvalue weighted by molar-refractivity contribution is -0.385. The van der Waals surface area contributed by atoms with Crippen molar-refractivity contribution in [3.05, 3.63) is 51.6 Å². The van der Waals surface area contributed by atoms with Gasteiger partial charge in [-0.25, -0.2) is 8.42 Å². The third-order valence-electron chi connectivity index (χ3n) is 5.97. The van der Waals surface area contributed by atoms with Gasteiger partial charge in [-0.05, 0) is 42.2 Å². The molecule has 34 heavy (non-hydrogen) atoms. The Morgan fingerprint density at radius 2 is 2.15 bits per heavy atom. The molecule has 3 heterocycles. The zero-order chi connectivity index (χ0) is 23.9. The van der Waals surface area contributed by atoms with Crippen LogP contribution in [0, 0.1) is 16.0 Å². The van der Waals surface area contributed by atoms with Gasteiger partial charge < -0.3 is 14.3 Å². The zero-order valence-corrected chi connectivity index (χ0v) is 19.2. The number of rotatable bonds is 6. The van der Waals surface area contributed by atoms with Gasteiger partial charge in [0.1, 0.15) is 23.4 Å². The molecule has 1 fully saturated rings. The van der Waals surface area contributed by atoms with E-state index in [1.54, 1.807) is 6.07 Å². The Kier molecular flexibility index (Phi) is 5.83. The van der Waals surface area contributed by atoms with Crippen molar-refractivity contribution in [2.24, 2.45) is 5.92 Å². The summed E-state index contributed by atoms with van der Waals surface area (Å²) < 4.78 is 38.6. The molecule has 0 bridgehead atoms. The third kappa shape index (κ3) is 4.17. The van der Waals surface area contributed by atoms with E-state index in [0.717, 1.165) is 17.7 Å². The number of nitrogens with zero attached hydrogens (tertiary/aromatic N) is 5. The van der Waals surface area contributed by atoms with Crippen molar-refractivity contribution in [3.8, 4) is 5.75 Å². The summed E-state index contributed by atoms with van der Waals surface area (Å²) in [6.45, 7) is 3.12. The van der Waals surface area contributed by atoms with Crippen molar-refractivity contribution in [1.82, 2.24) is 19.5 Å². The van der Waals surface area contributed by atoms with Crippen molar-refractivity contribution >= 4 is 26.7 Å². The molecule has 3 aromatic rings. The highest BCUT2D eigenvalue weighted by molar-refractivity contribution is 7.89. The zero-order valence-electron chi connectivity index (χ0n) is 18.4. The number of hydrogen-bond acceptors (Lipinski definition) is 9. The van der Waals surface area contributed by atoms with Crippen LogP contribution in [0.25, 0.3) is 11.0 Å². The predicted molar refractivity (Wildman–Crippen MR) is 118 cm³/mol. The Bertz CT molecular complexity index is 1360. The summed E-state index contributed by atoms with van der Waals surface area (Å²) in [5.41, 5.74) is 1.71. The SMILES string of the molecule is CC1CCCN(S(=O)(=O)c2ccc3nnn(OCc4cc([N+](=O)[O-])cc5c4OCOC5)c3c2)C1. The van der Waals surface area contributed by atoms with Crippen LogP contribution >= 0.6 is 0 Å². The molecule has 2 aliphatic rings. The molecule has 0 saturated carbocycles. The summed E-state index contributed by atoms with van der Waals surface area (Å²) in [5.74, 6) is 0.764. The molecule has 2 aromatic carbocycles. The molecule has 1 atom stereocenters. The second kappa shape index (κ2) is 8.81. The number of aromatic nitrogens is 3. The summed E-state index contributed by atoms with van der Waals surface area (Å²) in [5, 5.41) is 19.3. The fourth-order valence-corrected chi connectivity index (χ4v) is 5.89. The number of nitro benzene ring substituents is 1. The van der Waals surface area contributed by atoms with E-state index in [9.17, 15) is 18.5 Å². The van der Waals surface area contributed by atoms with E-state index in [1.807, 2.05) is 6.92 Å². The molecule has 1 aromatic heterocycles.